The molecule has 1 aromatic carbocycles. The molecule has 2 aliphatic rings. The standard InChI is InChI=1S/C24H31N5O2/c30-23(29-18-16-28(17-19-29)22-8-4-5-12-25-22)11-15-27-13-9-20(10-14-27)24(31)26-21-6-2-1-3-7-21/h1-8,12,20H,9-11,13-19H2,(H,26,31). The first-order valence-corrected chi connectivity index (χ1v) is 11.2. The number of piperazine rings is 1. The number of nitrogens with zero attached hydrogens (tertiary/aromatic N) is 4. The van der Waals surface area contributed by atoms with Crippen molar-refractivity contribution in [2.75, 3.05) is 56.0 Å². The number of piperidine rings is 1. The zero-order chi connectivity index (χ0) is 21.5. The summed E-state index contributed by atoms with van der Waals surface area (Å²) >= 11 is 0. The van der Waals surface area contributed by atoms with E-state index >= 15 is 0 Å². The normalized spacial score (nSPS) is 18.1. The van der Waals surface area contributed by atoms with E-state index in [-0.39, 0.29) is 17.7 Å². The largest absolute Gasteiger partial charge is 0.353 e. The molecule has 31 heavy (non-hydrogen) atoms. The molecule has 0 radical (unpaired) electrons. The molecule has 0 saturated carbocycles. The first kappa shape index (κ1) is 21.3. The van der Waals surface area contributed by atoms with Crippen LogP contribution in [0.4, 0.5) is 11.5 Å². The van der Waals surface area contributed by atoms with E-state index < -0.39 is 0 Å². The summed E-state index contributed by atoms with van der Waals surface area (Å²) in [4.78, 5) is 36.1. The molecule has 2 amide bonds. The first-order valence-electron chi connectivity index (χ1n) is 11.2. The fourth-order valence-corrected chi connectivity index (χ4v) is 4.32. The minimum absolute atomic E-state index is 0.0480. The maximum atomic E-state index is 12.7. The van der Waals surface area contributed by atoms with E-state index in [0.717, 1.165) is 70.2 Å². The Kier molecular flexibility index (Phi) is 7.14. The predicted octanol–water partition coefficient (Wildman–Crippen LogP) is 2.47. The van der Waals surface area contributed by atoms with Crippen molar-refractivity contribution in [3.63, 3.8) is 0 Å². The van der Waals surface area contributed by atoms with Gasteiger partial charge in [-0.3, -0.25) is 9.59 Å². The van der Waals surface area contributed by atoms with Gasteiger partial charge in [0.25, 0.3) is 0 Å². The van der Waals surface area contributed by atoms with Crippen molar-refractivity contribution in [1.29, 1.82) is 0 Å². The van der Waals surface area contributed by atoms with E-state index in [1.165, 1.54) is 0 Å². The van der Waals surface area contributed by atoms with Crippen molar-refractivity contribution in [2.24, 2.45) is 5.92 Å². The highest BCUT2D eigenvalue weighted by Crippen LogP contribution is 2.20. The summed E-state index contributed by atoms with van der Waals surface area (Å²) in [7, 11) is 0. The van der Waals surface area contributed by atoms with Crippen molar-refractivity contribution >= 4 is 23.3 Å². The smallest absolute Gasteiger partial charge is 0.227 e. The van der Waals surface area contributed by atoms with Gasteiger partial charge in [0.05, 0.1) is 0 Å². The maximum Gasteiger partial charge on any atom is 0.227 e. The van der Waals surface area contributed by atoms with Gasteiger partial charge in [-0.15, -0.1) is 0 Å². The molecule has 164 valence electrons. The molecule has 0 bridgehead atoms. The van der Waals surface area contributed by atoms with Crippen LogP contribution in [0.2, 0.25) is 0 Å². The molecular formula is C24H31N5O2. The molecule has 0 unspecified atom stereocenters. The van der Waals surface area contributed by atoms with Crippen molar-refractivity contribution in [1.82, 2.24) is 14.8 Å². The second-order valence-electron chi connectivity index (χ2n) is 8.28. The molecule has 1 aromatic heterocycles. The Morgan fingerprint density at radius 3 is 2.29 bits per heavy atom. The van der Waals surface area contributed by atoms with Gasteiger partial charge in [-0.2, -0.15) is 0 Å². The Balaban J connectivity index is 1.15. The van der Waals surface area contributed by atoms with E-state index in [1.54, 1.807) is 6.20 Å². The molecule has 2 saturated heterocycles. The minimum atomic E-state index is 0.0480. The van der Waals surface area contributed by atoms with Gasteiger partial charge in [-0.05, 0) is 50.2 Å². The Hall–Kier alpha value is -2.93. The molecule has 2 aliphatic heterocycles. The lowest BCUT2D eigenvalue weighted by Gasteiger charge is -2.36. The highest BCUT2D eigenvalue weighted by molar-refractivity contribution is 5.92. The average molecular weight is 422 g/mol. The van der Waals surface area contributed by atoms with Crippen LogP contribution in [0.1, 0.15) is 19.3 Å². The quantitative estimate of drug-likeness (QED) is 0.776. The number of pyridine rings is 1. The van der Waals surface area contributed by atoms with Gasteiger partial charge in [-0.25, -0.2) is 4.98 Å². The van der Waals surface area contributed by atoms with Gasteiger partial charge < -0.3 is 20.0 Å². The summed E-state index contributed by atoms with van der Waals surface area (Å²) in [6.07, 6.45) is 4.04. The molecule has 0 spiro atoms. The van der Waals surface area contributed by atoms with E-state index in [4.69, 9.17) is 0 Å². The fourth-order valence-electron chi connectivity index (χ4n) is 4.32. The molecule has 2 aromatic rings. The van der Waals surface area contributed by atoms with Crippen LogP contribution in [-0.2, 0) is 9.59 Å². The number of benzene rings is 1. The van der Waals surface area contributed by atoms with E-state index in [2.05, 4.69) is 20.1 Å². The lowest BCUT2D eigenvalue weighted by Crippen LogP contribution is -2.49. The number of hydrogen-bond donors (Lipinski definition) is 1. The highest BCUT2D eigenvalue weighted by atomic mass is 16.2. The number of carbonyl (C=O) groups excluding carboxylic acids is 2. The van der Waals surface area contributed by atoms with Crippen LogP contribution in [0.25, 0.3) is 0 Å². The number of hydrogen-bond acceptors (Lipinski definition) is 5. The minimum Gasteiger partial charge on any atom is -0.353 e. The summed E-state index contributed by atoms with van der Waals surface area (Å²) < 4.78 is 0. The number of anilines is 2. The molecule has 2 fully saturated rings. The van der Waals surface area contributed by atoms with Crippen LogP contribution in [0.5, 0.6) is 0 Å². The van der Waals surface area contributed by atoms with Gasteiger partial charge >= 0.3 is 0 Å². The molecule has 0 aliphatic carbocycles. The van der Waals surface area contributed by atoms with Crippen LogP contribution in [0.3, 0.4) is 0 Å². The number of aromatic nitrogens is 1. The van der Waals surface area contributed by atoms with Crippen molar-refractivity contribution in [2.45, 2.75) is 19.3 Å². The van der Waals surface area contributed by atoms with Gasteiger partial charge in [0.15, 0.2) is 0 Å². The molecule has 7 heteroatoms. The molecule has 4 rings (SSSR count). The fraction of sp³-hybridized carbons (Fsp3) is 0.458. The maximum absolute atomic E-state index is 12.7. The predicted molar refractivity (Wildman–Crippen MR) is 122 cm³/mol. The SMILES string of the molecule is O=C(Nc1ccccc1)C1CCN(CCC(=O)N2CCN(c3ccccn3)CC2)CC1. The number of rotatable bonds is 6. The first-order chi connectivity index (χ1) is 15.2. The zero-order valence-corrected chi connectivity index (χ0v) is 17.9. The third-order valence-electron chi connectivity index (χ3n) is 6.25. The van der Waals surface area contributed by atoms with Crippen molar-refractivity contribution in [3.8, 4) is 0 Å². The Morgan fingerprint density at radius 2 is 1.61 bits per heavy atom. The number of para-hydroxylation sites is 1. The molecule has 1 N–H and O–H groups in total. The van der Waals surface area contributed by atoms with Crippen LogP contribution in [0, 0.1) is 5.92 Å². The monoisotopic (exact) mass is 421 g/mol. The summed E-state index contributed by atoms with van der Waals surface area (Å²) in [5, 5.41) is 3.01. The van der Waals surface area contributed by atoms with Gasteiger partial charge in [0, 0.05) is 56.9 Å². The van der Waals surface area contributed by atoms with E-state index in [0.29, 0.717) is 6.42 Å². The van der Waals surface area contributed by atoms with Crippen LogP contribution >= 0.6 is 0 Å². The second-order valence-corrected chi connectivity index (χ2v) is 8.28. The highest BCUT2D eigenvalue weighted by Gasteiger charge is 2.26. The lowest BCUT2D eigenvalue weighted by molar-refractivity contribution is -0.132. The average Bonchev–Trinajstić information content (AvgIpc) is 2.84. The Bertz CT molecular complexity index is 845. The molecule has 3 heterocycles. The number of likely N-dealkylation sites (tertiary alicyclic amines) is 1. The number of carbonyl (C=O) groups is 2. The molecule has 7 nitrogen and oxygen atoms in total. The van der Waals surface area contributed by atoms with Gasteiger partial charge in [0.1, 0.15) is 5.82 Å². The van der Waals surface area contributed by atoms with E-state index in [1.807, 2.05) is 53.4 Å². The topological polar surface area (TPSA) is 68.8 Å². The molecular weight excluding hydrogens is 390 g/mol. The van der Waals surface area contributed by atoms with Gasteiger partial charge in [-0.1, -0.05) is 24.3 Å². The Labute approximate surface area is 184 Å². The number of nitrogens with one attached hydrogen (secondary N) is 1. The van der Waals surface area contributed by atoms with Crippen molar-refractivity contribution in [3.05, 3.63) is 54.7 Å². The summed E-state index contributed by atoms with van der Waals surface area (Å²) in [5.74, 6) is 1.36. The third kappa shape index (κ3) is 5.82. The number of amides is 2. The van der Waals surface area contributed by atoms with Crippen molar-refractivity contribution < 1.29 is 9.59 Å². The summed E-state index contributed by atoms with van der Waals surface area (Å²) in [6.45, 7) is 5.65. The summed E-state index contributed by atoms with van der Waals surface area (Å²) in [5.41, 5.74) is 0.851. The second kappa shape index (κ2) is 10.4. The lowest BCUT2D eigenvalue weighted by atomic mass is 9.95. The van der Waals surface area contributed by atoms with E-state index in [9.17, 15) is 9.59 Å². The zero-order valence-electron chi connectivity index (χ0n) is 17.9. The third-order valence-corrected chi connectivity index (χ3v) is 6.25. The van der Waals surface area contributed by atoms with Crippen LogP contribution < -0.4 is 10.2 Å². The van der Waals surface area contributed by atoms with Gasteiger partial charge in [0.2, 0.25) is 11.8 Å². The van der Waals surface area contributed by atoms with Crippen LogP contribution in [0.15, 0.2) is 54.7 Å². The summed E-state index contributed by atoms with van der Waals surface area (Å²) in [6, 6.07) is 15.5. The van der Waals surface area contributed by atoms with Crippen LogP contribution in [-0.4, -0.2) is 72.4 Å². The Morgan fingerprint density at radius 1 is 0.903 bits per heavy atom. The molecule has 0 atom stereocenters.